The Balaban J connectivity index is 2.03. The number of halogens is 1. The van der Waals surface area contributed by atoms with Crippen LogP contribution in [0.2, 0.25) is 5.02 Å². The van der Waals surface area contributed by atoms with E-state index in [4.69, 9.17) is 17.3 Å². The highest BCUT2D eigenvalue weighted by Crippen LogP contribution is 2.40. The minimum Gasteiger partial charge on any atom is -0.349 e. The Morgan fingerprint density at radius 2 is 2.28 bits per heavy atom. The molecule has 1 aromatic carbocycles. The van der Waals surface area contributed by atoms with Gasteiger partial charge in [-0.3, -0.25) is 4.79 Å². The van der Waals surface area contributed by atoms with Crippen LogP contribution in [0.3, 0.4) is 0 Å². The molecule has 0 heterocycles. The summed E-state index contributed by atoms with van der Waals surface area (Å²) in [4.78, 5) is 12.2. The van der Waals surface area contributed by atoms with Gasteiger partial charge in [0.15, 0.2) is 0 Å². The maximum Gasteiger partial charge on any atom is 0.227 e. The third-order valence-corrected chi connectivity index (χ3v) is 4.11. The van der Waals surface area contributed by atoms with E-state index in [1.165, 1.54) is 0 Å². The number of nitrogens with one attached hydrogen (secondary N) is 1. The van der Waals surface area contributed by atoms with Gasteiger partial charge in [0.25, 0.3) is 0 Å². The Kier molecular flexibility index (Phi) is 3.93. The van der Waals surface area contributed by atoms with Crippen molar-refractivity contribution in [3.8, 4) is 0 Å². The lowest BCUT2D eigenvalue weighted by Crippen LogP contribution is -2.50. The average molecular weight is 267 g/mol. The highest BCUT2D eigenvalue weighted by atomic mass is 35.5. The van der Waals surface area contributed by atoms with Crippen molar-refractivity contribution in [2.75, 3.05) is 6.54 Å². The van der Waals surface area contributed by atoms with Gasteiger partial charge in [0, 0.05) is 11.6 Å². The van der Waals surface area contributed by atoms with E-state index in [1.54, 1.807) is 0 Å². The summed E-state index contributed by atoms with van der Waals surface area (Å²) in [6.45, 7) is 2.40. The van der Waals surface area contributed by atoms with Crippen molar-refractivity contribution in [2.45, 2.75) is 32.2 Å². The molecule has 1 amide bonds. The fourth-order valence-corrected chi connectivity index (χ4v) is 2.54. The molecule has 0 saturated heterocycles. The van der Waals surface area contributed by atoms with Gasteiger partial charge in [0.2, 0.25) is 5.91 Å². The molecule has 3 nitrogen and oxygen atoms in total. The molecule has 0 radical (unpaired) electrons. The molecule has 1 saturated carbocycles. The Bertz CT molecular complexity index is 438. The summed E-state index contributed by atoms with van der Waals surface area (Å²) in [6, 6.07) is 7.52. The summed E-state index contributed by atoms with van der Waals surface area (Å²) < 4.78 is 0. The maximum absolute atomic E-state index is 12.2. The van der Waals surface area contributed by atoms with Crippen LogP contribution in [0.5, 0.6) is 0 Å². The van der Waals surface area contributed by atoms with Gasteiger partial charge in [0.05, 0.1) is 11.5 Å². The molecule has 0 bridgehead atoms. The first-order chi connectivity index (χ1) is 8.57. The second-order valence-electron chi connectivity index (χ2n) is 5.09. The van der Waals surface area contributed by atoms with Crippen LogP contribution in [0.1, 0.15) is 37.8 Å². The van der Waals surface area contributed by atoms with Crippen molar-refractivity contribution in [2.24, 2.45) is 11.1 Å². The summed E-state index contributed by atoms with van der Waals surface area (Å²) >= 11 is 5.95. The molecule has 0 aliphatic heterocycles. The molecule has 1 aromatic rings. The van der Waals surface area contributed by atoms with E-state index in [1.807, 2.05) is 31.2 Å². The first kappa shape index (κ1) is 13.4. The zero-order valence-corrected chi connectivity index (χ0v) is 11.3. The number of rotatable bonds is 4. The molecule has 0 unspecified atom stereocenters. The van der Waals surface area contributed by atoms with Crippen molar-refractivity contribution in [1.29, 1.82) is 0 Å². The second-order valence-corrected chi connectivity index (χ2v) is 5.52. The Morgan fingerprint density at radius 1 is 1.56 bits per heavy atom. The van der Waals surface area contributed by atoms with E-state index in [2.05, 4.69) is 5.32 Å². The minimum atomic E-state index is -0.327. The zero-order chi connectivity index (χ0) is 13.2. The summed E-state index contributed by atoms with van der Waals surface area (Å²) in [7, 11) is 0. The van der Waals surface area contributed by atoms with Crippen LogP contribution in [-0.4, -0.2) is 12.5 Å². The normalized spacial score (nSPS) is 18.8. The Morgan fingerprint density at radius 3 is 2.78 bits per heavy atom. The van der Waals surface area contributed by atoms with Crippen molar-refractivity contribution in [3.05, 3.63) is 34.9 Å². The molecule has 1 fully saturated rings. The van der Waals surface area contributed by atoms with Crippen LogP contribution < -0.4 is 11.1 Å². The highest BCUT2D eigenvalue weighted by molar-refractivity contribution is 6.30. The largest absolute Gasteiger partial charge is 0.349 e. The number of nitrogens with two attached hydrogens (primary N) is 1. The standard InChI is InChI=1S/C14H19ClN2O/c1-10(11-4-2-5-12(15)8-11)17-13(18)14(9-16)6-3-7-14/h2,4-5,8,10H,3,6-7,9,16H2,1H3,(H,17,18)/t10-/m1/s1. The molecule has 1 aliphatic carbocycles. The van der Waals surface area contributed by atoms with E-state index < -0.39 is 0 Å². The van der Waals surface area contributed by atoms with Crippen LogP contribution >= 0.6 is 11.6 Å². The number of carbonyl (C=O) groups is 1. The van der Waals surface area contributed by atoms with E-state index in [-0.39, 0.29) is 17.4 Å². The van der Waals surface area contributed by atoms with Crippen LogP contribution in [-0.2, 0) is 4.79 Å². The van der Waals surface area contributed by atoms with Crippen molar-refractivity contribution < 1.29 is 4.79 Å². The first-order valence-corrected chi connectivity index (χ1v) is 6.72. The first-order valence-electron chi connectivity index (χ1n) is 6.34. The highest BCUT2D eigenvalue weighted by Gasteiger charge is 2.43. The molecule has 1 aliphatic rings. The van der Waals surface area contributed by atoms with E-state index in [9.17, 15) is 4.79 Å². The van der Waals surface area contributed by atoms with Crippen molar-refractivity contribution in [3.63, 3.8) is 0 Å². The fourth-order valence-electron chi connectivity index (χ4n) is 2.34. The second kappa shape index (κ2) is 5.29. The van der Waals surface area contributed by atoms with Crippen molar-refractivity contribution >= 4 is 17.5 Å². The SMILES string of the molecule is C[C@@H](NC(=O)C1(CN)CCC1)c1cccc(Cl)c1. The van der Waals surface area contributed by atoms with Gasteiger partial charge in [-0.1, -0.05) is 30.2 Å². The predicted molar refractivity (Wildman–Crippen MR) is 73.3 cm³/mol. The number of benzene rings is 1. The van der Waals surface area contributed by atoms with Gasteiger partial charge in [0.1, 0.15) is 0 Å². The molecule has 3 N–H and O–H groups in total. The molecule has 0 spiro atoms. The van der Waals surface area contributed by atoms with E-state index in [0.29, 0.717) is 11.6 Å². The summed E-state index contributed by atoms with van der Waals surface area (Å²) in [5.74, 6) is 0.0729. The Hall–Kier alpha value is -1.06. The lowest BCUT2D eigenvalue weighted by atomic mass is 9.68. The van der Waals surface area contributed by atoms with Gasteiger partial charge in [-0.2, -0.15) is 0 Å². The fraction of sp³-hybridized carbons (Fsp3) is 0.500. The van der Waals surface area contributed by atoms with E-state index >= 15 is 0 Å². The van der Waals surface area contributed by atoms with Crippen LogP contribution in [0.15, 0.2) is 24.3 Å². The molecule has 2 rings (SSSR count). The Labute approximate surface area is 113 Å². The number of hydrogen-bond donors (Lipinski definition) is 2. The number of amides is 1. The van der Waals surface area contributed by atoms with Crippen LogP contribution in [0.25, 0.3) is 0 Å². The lowest BCUT2D eigenvalue weighted by Gasteiger charge is -2.39. The number of carbonyl (C=O) groups excluding carboxylic acids is 1. The average Bonchev–Trinajstić information content (AvgIpc) is 2.28. The zero-order valence-electron chi connectivity index (χ0n) is 10.6. The van der Waals surface area contributed by atoms with Gasteiger partial charge >= 0.3 is 0 Å². The summed E-state index contributed by atoms with van der Waals surface area (Å²) in [5.41, 5.74) is 6.42. The maximum atomic E-state index is 12.2. The third-order valence-electron chi connectivity index (χ3n) is 3.88. The van der Waals surface area contributed by atoms with Gasteiger partial charge < -0.3 is 11.1 Å². The minimum absolute atomic E-state index is 0.0415. The van der Waals surface area contributed by atoms with Gasteiger partial charge in [-0.05, 0) is 37.5 Å². The van der Waals surface area contributed by atoms with Crippen LogP contribution in [0, 0.1) is 5.41 Å². The van der Waals surface area contributed by atoms with Crippen molar-refractivity contribution in [1.82, 2.24) is 5.32 Å². The molecule has 18 heavy (non-hydrogen) atoms. The molecule has 0 aromatic heterocycles. The molecule has 4 heteroatoms. The van der Waals surface area contributed by atoms with Gasteiger partial charge in [-0.25, -0.2) is 0 Å². The topological polar surface area (TPSA) is 55.1 Å². The predicted octanol–water partition coefficient (Wildman–Crippen LogP) is 2.65. The summed E-state index contributed by atoms with van der Waals surface area (Å²) in [6.07, 6.45) is 2.89. The quantitative estimate of drug-likeness (QED) is 0.880. The summed E-state index contributed by atoms with van der Waals surface area (Å²) in [5, 5.41) is 3.73. The van der Waals surface area contributed by atoms with E-state index in [0.717, 1.165) is 24.8 Å². The molecular weight excluding hydrogens is 248 g/mol. The molecular formula is C14H19ClN2O. The number of hydrogen-bond acceptors (Lipinski definition) is 2. The smallest absolute Gasteiger partial charge is 0.227 e. The monoisotopic (exact) mass is 266 g/mol. The molecule has 1 atom stereocenters. The lowest BCUT2D eigenvalue weighted by molar-refractivity contribution is -0.135. The van der Waals surface area contributed by atoms with Gasteiger partial charge in [-0.15, -0.1) is 0 Å². The molecule has 98 valence electrons. The third kappa shape index (κ3) is 2.52. The van der Waals surface area contributed by atoms with Crippen LogP contribution in [0.4, 0.5) is 0 Å².